The molecule has 0 N–H and O–H groups in total. The van der Waals surface area contributed by atoms with Crippen LogP contribution in [-0.4, -0.2) is 5.78 Å². The van der Waals surface area contributed by atoms with Gasteiger partial charge in [-0.05, 0) is 50.0 Å². The van der Waals surface area contributed by atoms with E-state index in [4.69, 9.17) is 0 Å². The van der Waals surface area contributed by atoms with Crippen molar-refractivity contribution in [2.75, 3.05) is 0 Å². The molecule has 0 saturated heterocycles. The van der Waals surface area contributed by atoms with Gasteiger partial charge in [-0.25, -0.2) is 0 Å². The smallest absolute Gasteiger partial charge is 0.155 e. The van der Waals surface area contributed by atoms with E-state index < -0.39 is 0 Å². The summed E-state index contributed by atoms with van der Waals surface area (Å²) in [7, 11) is 0. The van der Waals surface area contributed by atoms with E-state index in [-0.39, 0.29) is 0 Å². The second-order valence-corrected chi connectivity index (χ2v) is 4.81. The topological polar surface area (TPSA) is 17.1 Å². The number of ketones is 1. The third kappa shape index (κ3) is 1.70. The Balaban J connectivity index is 2.22. The Kier molecular flexibility index (Phi) is 2.27. The van der Waals surface area contributed by atoms with Gasteiger partial charge in [-0.1, -0.05) is 12.5 Å². The minimum absolute atomic E-state index is 0.360. The van der Waals surface area contributed by atoms with Gasteiger partial charge in [-0.2, -0.15) is 0 Å². The number of hydrogen-bond donors (Lipinski definition) is 0. The van der Waals surface area contributed by atoms with E-state index in [1.54, 1.807) is 0 Å². The largest absolute Gasteiger partial charge is 0.295 e. The molecular weight excluding hydrogens is 160 g/mol. The summed E-state index contributed by atoms with van der Waals surface area (Å²) in [5.41, 5.74) is 1.33. The number of hydrogen-bond acceptors (Lipinski definition) is 1. The summed E-state index contributed by atoms with van der Waals surface area (Å²) in [6, 6.07) is 0. The Labute approximate surface area is 80.2 Å². The summed E-state index contributed by atoms with van der Waals surface area (Å²) in [5, 5.41) is 0. The van der Waals surface area contributed by atoms with Crippen LogP contribution in [-0.2, 0) is 4.79 Å². The first-order chi connectivity index (χ1) is 6.16. The standard InChI is InChI=1S/C12H18O/c1-8-3-4-10-6-11(8)7-12(13)5-9(10)2/h5,8,10-11H,3-4,6-7H2,1-2H3. The van der Waals surface area contributed by atoms with Gasteiger partial charge in [-0.15, -0.1) is 0 Å². The first kappa shape index (κ1) is 8.98. The predicted molar refractivity (Wildman–Crippen MR) is 53.4 cm³/mol. The lowest BCUT2D eigenvalue weighted by atomic mass is 9.73. The molecular formula is C12H18O. The van der Waals surface area contributed by atoms with E-state index in [9.17, 15) is 4.79 Å². The Morgan fingerprint density at radius 1 is 1.38 bits per heavy atom. The van der Waals surface area contributed by atoms with Crippen LogP contribution in [0.5, 0.6) is 0 Å². The van der Waals surface area contributed by atoms with Gasteiger partial charge < -0.3 is 0 Å². The van der Waals surface area contributed by atoms with Crippen molar-refractivity contribution >= 4 is 5.78 Å². The lowest BCUT2D eigenvalue weighted by molar-refractivity contribution is -0.115. The van der Waals surface area contributed by atoms with E-state index in [2.05, 4.69) is 13.8 Å². The van der Waals surface area contributed by atoms with Gasteiger partial charge in [0.2, 0.25) is 0 Å². The molecule has 2 aliphatic carbocycles. The molecule has 72 valence electrons. The number of carbonyl (C=O) groups is 1. The van der Waals surface area contributed by atoms with Gasteiger partial charge in [0.15, 0.2) is 5.78 Å². The summed E-state index contributed by atoms with van der Waals surface area (Å²) in [6.07, 6.45) is 6.56. The summed E-state index contributed by atoms with van der Waals surface area (Å²) in [5.74, 6) is 2.51. The van der Waals surface area contributed by atoms with Gasteiger partial charge in [0.25, 0.3) is 0 Å². The molecule has 3 unspecified atom stereocenters. The van der Waals surface area contributed by atoms with Gasteiger partial charge >= 0.3 is 0 Å². The maximum atomic E-state index is 11.5. The fourth-order valence-electron chi connectivity index (χ4n) is 2.80. The van der Waals surface area contributed by atoms with E-state index in [1.807, 2.05) is 6.08 Å². The van der Waals surface area contributed by atoms with Crippen molar-refractivity contribution in [1.82, 2.24) is 0 Å². The maximum Gasteiger partial charge on any atom is 0.155 e. The molecule has 2 bridgehead atoms. The molecule has 0 aromatic carbocycles. The highest BCUT2D eigenvalue weighted by atomic mass is 16.1. The highest BCUT2D eigenvalue weighted by molar-refractivity contribution is 5.90. The van der Waals surface area contributed by atoms with Gasteiger partial charge in [0.1, 0.15) is 0 Å². The Hall–Kier alpha value is -0.590. The zero-order valence-electron chi connectivity index (χ0n) is 8.55. The van der Waals surface area contributed by atoms with Crippen LogP contribution >= 0.6 is 0 Å². The summed E-state index contributed by atoms with van der Waals surface area (Å²) < 4.78 is 0. The highest BCUT2D eigenvalue weighted by Crippen LogP contribution is 2.40. The van der Waals surface area contributed by atoms with Crippen LogP contribution < -0.4 is 0 Å². The molecule has 0 aromatic rings. The predicted octanol–water partition coefficient (Wildman–Crippen LogP) is 2.96. The molecule has 2 rings (SSSR count). The Morgan fingerprint density at radius 2 is 2.15 bits per heavy atom. The fourth-order valence-corrected chi connectivity index (χ4v) is 2.80. The molecule has 0 amide bonds. The Bertz CT molecular complexity index is 252. The lowest BCUT2D eigenvalue weighted by Crippen LogP contribution is -2.22. The zero-order chi connectivity index (χ0) is 9.42. The molecule has 3 atom stereocenters. The second kappa shape index (κ2) is 3.28. The van der Waals surface area contributed by atoms with Crippen molar-refractivity contribution in [1.29, 1.82) is 0 Å². The fraction of sp³-hybridized carbons (Fsp3) is 0.750. The summed E-state index contributed by atoms with van der Waals surface area (Å²) in [6.45, 7) is 4.43. The molecule has 0 aromatic heterocycles. The van der Waals surface area contributed by atoms with Crippen molar-refractivity contribution in [2.45, 2.75) is 39.5 Å². The van der Waals surface area contributed by atoms with Crippen molar-refractivity contribution in [3.8, 4) is 0 Å². The minimum Gasteiger partial charge on any atom is -0.295 e. The first-order valence-corrected chi connectivity index (χ1v) is 5.38. The molecule has 0 aliphatic heterocycles. The molecule has 0 heterocycles. The van der Waals surface area contributed by atoms with Crippen LogP contribution in [0.3, 0.4) is 0 Å². The van der Waals surface area contributed by atoms with Crippen molar-refractivity contribution in [3.63, 3.8) is 0 Å². The average molecular weight is 178 g/mol. The van der Waals surface area contributed by atoms with Crippen molar-refractivity contribution in [2.24, 2.45) is 17.8 Å². The number of allylic oxidation sites excluding steroid dienone is 2. The molecule has 1 nitrogen and oxygen atoms in total. The third-order valence-corrected chi connectivity index (χ3v) is 3.86. The number of fused-ring (bicyclic) bond motifs is 2. The van der Waals surface area contributed by atoms with Gasteiger partial charge in [-0.3, -0.25) is 4.79 Å². The highest BCUT2D eigenvalue weighted by Gasteiger charge is 2.31. The van der Waals surface area contributed by atoms with E-state index in [0.717, 1.165) is 12.3 Å². The van der Waals surface area contributed by atoms with Crippen LogP contribution in [0.4, 0.5) is 0 Å². The summed E-state index contributed by atoms with van der Waals surface area (Å²) >= 11 is 0. The van der Waals surface area contributed by atoms with E-state index in [1.165, 1.54) is 24.8 Å². The third-order valence-electron chi connectivity index (χ3n) is 3.86. The van der Waals surface area contributed by atoms with E-state index >= 15 is 0 Å². The van der Waals surface area contributed by atoms with Crippen LogP contribution in [0, 0.1) is 17.8 Å². The monoisotopic (exact) mass is 178 g/mol. The molecule has 1 heteroatoms. The first-order valence-electron chi connectivity index (χ1n) is 5.38. The number of carbonyl (C=O) groups excluding carboxylic acids is 1. The van der Waals surface area contributed by atoms with Crippen molar-refractivity contribution in [3.05, 3.63) is 11.6 Å². The summed E-state index contributed by atoms with van der Waals surface area (Å²) in [4.78, 5) is 11.5. The number of rotatable bonds is 0. The SMILES string of the molecule is CC1=CC(=O)CC2CC1CCC2C. The van der Waals surface area contributed by atoms with Crippen LogP contribution in [0.15, 0.2) is 11.6 Å². The quantitative estimate of drug-likeness (QED) is 0.557. The lowest BCUT2D eigenvalue weighted by Gasteiger charge is -2.32. The Morgan fingerprint density at radius 3 is 2.92 bits per heavy atom. The van der Waals surface area contributed by atoms with E-state index in [0.29, 0.717) is 17.6 Å². The molecule has 0 spiro atoms. The minimum atomic E-state index is 0.360. The van der Waals surface area contributed by atoms with Crippen LogP contribution in [0.1, 0.15) is 39.5 Å². The molecule has 2 aliphatic rings. The molecule has 0 radical (unpaired) electrons. The maximum absolute atomic E-state index is 11.5. The second-order valence-electron chi connectivity index (χ2n) is 4.81. The normalized spacial score (nSPS) is 39.7. The zero-order valence-corrected chi connectivity index (χ0v) is 8.55. The average Bonchev–Trinajstić information content (AvgIpc) is 2.18. The molecule has 1 saturated carbocycles. The van der Waals surface area contributed by atoms with Gasteiger partial charge in [0, 0.05) is 6.42 Å². The van der Waals surface area contributed by atoms with Crippen molar-refractivity contribution < 1.29 is 4.79 Å². The molecule has 13 heavy (non-hydrogen) atoms. The van der Waals surface area contributed by atoms with Crippen LogP contribution in [0.25, 0.3) is 0 Å². The van der Waals surface area contributed by atoms with Crippen LogP contribution in [0.2, 0.25) is 0 Å². The van der Waals surface area contributed by atoms with Gasteiger partial charge in [0.05, 0.1) is 0 Å². The molecule has 1 fully saturated rings.